The predicted molar refractivity (Wildman–Crippen MR) is 56.8 cm³/mol. The first kappa shape index (κ1) is 17.2. The SMILES string of the molecule is CC(SC(C)S(=O)(=O)O)S(=O)(=O)O.[LiH]. The standard InChI is InChI=1S/C4H10O6S3.Li.H/c1-3(12(5,6)7)11-4(2)13(8,9)10;;/h3-4H,1-2H3,(H,5,6,7)(H,8,9,10);;. The van der Waals surface area contributed by atoms with Crippen molar-refractivity contribution in [3.63, 3.8) is 0 Å². The summed E-state index contributed by atoms with van der Waals surface area (Å²) in [4.78, 5) is 0. The van der Waals surface area contributed by atoms with Crippen molar-refractivity contribution in [2.24, 2.45) is 0 Å². The first-order valence-electron chi connectivity index (χ1n) is 3.13. The molecule has 0 rings (SSSR count). The Hall–Kier alpha value is 0.767. The molecule has 2 atom stereocenters. The summed E-state index contributed by atoms with van der Waals surface area (Å²) in [6.07, 6.45) is 0. The van der Waals surface area contributed by atoms with Crippen LogP contribution in [0.15, 0.2) is 0 Å². The average molecular weight is 258 g/mol. The quantitative estimate of drug-likeness (QED) is 0.518. The van der Waals surface area contributed by atoms with Gasteiger partial charge in [-0.25, -0.2) is 0 Å². The molecule has 0 aliphatic heterocycles. The summed E-state index contributed by atoms with van der Waals surface area (Å²) in [5.74, 6) is 0. The summed E-state index contributed by atoms with van der Waals surface area (Å²) in [5, 5.41) is 0. The summed E-state index contributed by atoms with van der Waals surface area (Å²) in [5.41, 5.74) is 0. The van der Waals surface area contributed by atoms with Crippen LogP contribution in [0.5, 0.6) is 0 Å². The summed E-state index contributed by atoms with van der Waals surface area (Å²) >= 11 is 0.437. The first-order valence-corrected chi connectivity index (χ1v) is 7.08. The fourth-order valence-corrected chi connectivity index (χ4v) is 3.28. The minimum absolute atomic E-state index is 0. The zero-order chi connectivity index (χ0) is 10.9. The molecule has 0 aromatic heterocycles. The maximum absolute atomic E-state index is 10.5. The minimum atomic E-state index is -4.27. The van der Waals surface area contributed by atoms with E-state index in [0.717, 1.165) is 13.8 Å². The Morgan fingerprint density at radius 1 is 0.929 bits per heavy atom. The third kappa shape index (κ3) is 6.29. The molecule has 14 heavy (non-hydrogen) atoms. The fourth-order valence-electron chi connectivity index (χ4n) is 0.410. The van der Waals surface area contributed by atoms with E-state index in [2.05, 4.69) is 0 Å². The molecular weight excluding hydrogens is 247 g/mol. The van der Waals surface area contributed by atoms with Crippen molar-refractivity contribution >= 4 is 50.9 Å². The van der Waals surface area contributed by atoms with Crippen LogP contribution in [0.2, 0.25) is 0 Å². The van der Waals surface area contributed by atoms with Crippen LogP contribution in [-0.2, 0) is 20.2 Å². The van der Waals surface area contributed by atoms with Gasteiger partial charge in [-0.2, -0.15) is 16.8 Å². The van der Waals surface area contributed by atoms with Crippen LogP contribution in [-0.4, -0.2) is 54.0 Å². The summed E-state index contributed by atoms with van der Waals surface area (Å²) in [6, 6.07) is 0. The van der Waals surface area contributed by atoms with Gasteiger partial charge >= 0.3 is 18.9 Å². The third-order valence-electron chi connectivity index (χ3n) is 1.22. The molecule has 0 radical (unpaired) electrons. The van der Waals surface area contributed by atoms with Gasteiger partial charge < -0.3 is 0 Å². The Kier molecular flexibility index (Phi) is 7.04. The third-order valence-corrected chi connectivity index (χ3v) is 5.79. The van der Waals surface area contributed by atoms with Gasteiger partial charge in [0.2, 0.25) is 0 Å². The molecule has 10 heteroatoms. The van der Waals surface area contributed by atoms with Crippen LogP contribution >= 0.6 is 11.8 Å². The van der Waals surface area contributed by atoms with Gasteiger partial charge in [0.25, 0.3) is 20.2 Å². The van der Waals surface area contributed by atoms with Crippen molar-refractivity contribution in [1.82, 2.24) is 0 Å². The van der Waals surface area contributed by atoms with Gasteiger partial charge in [0.1, 0.15) is 9.16 Å². The van der Waals surface area contributed by atoms with Crippen molar-refractivity contribution in [2.75, 3.05) is 0 Å². The zero-order valence-electron chi connectivity index (χ0n) is 6.91. The van der Waals surface area contributed by atoms with Gasteiger partial charge in [-0.15, -0.1) is 11.8 Å². The summed E-state index contributed by atoms with van der Waals surface area (Å²) in [7, 11) is -8.54. The van der Waals surface area contributed by atoms with Gasteiger partial charge in [0.05, 0.1) is 0 Å². The second-order valence-electron chi connectivity index (χ2n) is 2.30. The maximum atomic E-state index is 10.5. The van der Waals surface area contributed by atoms with Crippen LogP contribution < -0.4 is 0 Å². The monoisotopic (exact) mass is 258 g/mol. The van der Waals surface area contributed by atoms with Gasteiger partial charge in [-0.1, -0.05) is 0 Å². The van der Waals surface area contributed by atoms with Crippen molar-refractivity contribution in [3.05, 3.63) is 0 Å². The van der Waals surface area contributed by atoms with Gasteiger partial charge in [0.15, 0.2) is 0 Å². The zero-order valence-corrected chi connectivity index (χ0v) is 9.36. The second kappa shape index (κ2) is 5.74. The molecule has 0 amide bonds. The molecule has 0 saturated heterocycles. The normalized spacial score (nSPS) is 16.9. The Balaban J connectivity index is 0. The molecule has 0 fully saturated rings. The van der Waals surface area contributed by atoms with Crippen LogP contribution in [0.1, 0.15) is 13.8 Å². The molecule has 0 spiro atoms. The van der Waals surface area contributed by atoms with Crippen molar-refractivity contribution in [3.8, 4) is 0 Å². The van der Waals surface area contributed by atoms with Crippen LogP contribution in [0, 0.1) is 0 Å². The molecule has 0 aliphatic carbocycles. The fraction of sp³-hybridized carbons (Fsp3) is 1.00. The average Bonchev–Trinajstić information content (AvgIpc) is 1.82. The van der Waals surface area contributed by atoms with Crippen LogP contribution in [0.25, 0.3) is 0 Å². The molecule has 0 bridgehead atoms. The van der Waals surface area contributed by atoms with Crippen molar-refractivity contribution < 1.29 is 25.9 Å². The molecule has 6 nitrogen and oxygen atoms in total. The van der Waals surface area contributed by atoms with Gasteiger partial charge in [-0.3, -0.25) is 9.11 Å². The van der Waals surface area contributed by atoms with E-state index in [0.29, 0.717) is 11.8 Å². The van der Waals surface area contributed by atoms with E-state index >= 15 is 0 Å². The van der Waals surface area contributed by atoms with Crippen molar-refractivity contribution in [2.45, 2.75) is 23.0 Å². The first-order chi connectivity index (χ1) is 5.55. The van der Waals surface area contributed by atoms with Crippen LogP contribution in [0.4, 0.5) is 0 Å². The predicted octanol–water partition coefficient (Wildman–Crippen LogP) is -0.461. The molecular formula is C4H11LiO6S3. The van der Waals surface area contributed by atoms with E-state index in [1.54, 1.807) is 0 Å². The Morgan fingerprint density at radius 2 is 1.14 bits per heavy atom. The molecule has 2 N–H and O–H groups in total. The number of hydrogen-bond acceptors (Lipinski definition) is 5. The van der Waals surface area contributed by atoms with E-state index in [1.807, 2.05) is 0 Å². The molecule has 0 aromatic carbocycles. The molecule has 0 aromatic rings. The van der Waals surface area contributed by atoms with Crippen molar-refractivity contribution in [1.29, 1.82) is 0 Å². The van der Waals surface area contributed by atoms with E-state index in [9.17, 15) is 16.8 Å². The Labute approximate surface area is 99.5 Å². The van der Waals surface area contributed by atoms with E-state index < -0.39 is 29.4 Å². The molecule has 0 aliphatic rings. The Bertz CT molecular complexity index is 323. The second-order valence-corrected chi connectivity index (χ2v) is 8.06. The van der Waals surface area contributed by atoms with E-state index in [-0.39, 0.29) is 18.9 Å². The number of thioether (sulfide) groups is 1. The van der Waals surface area contributed by atoms with E-state index in [4.69, 9.17) is 9.11 Å². The van der Waals surface area contributed by atoms with Gasteiger partial charge in [0, 0.05) is 0 Å². The summed E-state index contributed by atoms with van der Waals surface area (Å²) < 4.78 is 56.2. The van der Waals surface area contributed by atoms with Crippen LogP contribution in [0.3, 0.4) is 0 Å². The van der Waals surface area contributed by atoms with Gasteiger partial charge in [-0.05, 0) is 13.8 Å². The molecule has 0 heterocycles. The van der Waals surface area contributed by atoms with E-state index in [1.165, 1.54) is 0 Å². The summed E-state index contributed by atoms with van der Waals surface area (Å²) in [6.45, 7) is 2.25. The Morgan fingerprint density at radius 3 is 1.29 bits per heavy atom. The molecule has 0 saturated carbocycles. The number of hydrogen-bond donors (Lipinski definition) is 2. The topological polar surface area (TPSA) is 109 Å². The number of rotatable bonds is 4. The molecule has 2 unspecified atom stereocenters. The molecule has 82 valence electrons.